The second-order valence-corrected chi connectivity index (χ2v) is 6.63. The zero-order valence-electron chi connectivity index (χ0n) is 11.4. The molecule has 0 unspecified atom stereocenters. The summed E-state index contributed by atoms with van der Waals surface area (Å²) in [5.74, 6) is -0.783. The van der Waals surface area contributed by atoms with E-state index in [4.69, 9.17) is 5.11 Å². The third kappa shape index (κ3) is 2.52. The van der Waals surface area contributed by atoms with Crippen molar-refractivity contribution in [3.8, 4) is 0 Å². The Kier molecular flexibility index (Phi) is 3.41. The highest BCUT2D eigenvalue weighted by Gasteiger charge is 2.33. The first kappa shape index (κ1) is 13.4. The molecule has 6 heteroatoms. The minimum absolute atomic E-state index is 0.0352. The van der Waals surface area contributed by atoms with Gasteiger partial charge in [0.2, 0.25) is 0 Å². The molecule has 106 valence electrons. The van der Waals surface area contributed by atoms with Gasteiger partial charge >= 0.3 is 5.97 Å². The van der Waals surface area contributed by atoms with E-state index in [1.165, 1.54) is 31.0 Å². The van der Waals surface area contributed by atoms with E-state index >= 15 is 0 Å². The summed E-state index contributed by atoms with van der Waals surface area (Å²) in [5, 5.41) is 9.64. The molecule has 1 saturated carbocycles. The number of hydrogen-bond donors (Lipinski definition) is 1. The number of carboxylic acid groups (broad SMARTS) is 1. The molecule has 5 nitrogen and oxygen atoms in total. The van der Waals surface area contributed by atoms with E-state index in [0.717, 1.165) is 22.7 Å². The Balaban J connectivity index is 1.96. The first-order chi connectivity index (χ1) is 9.57. The van der Waals surface area contributed by atoms with Gasteiger partial charge in [-0.3, -0.25) is 9.78 Å². The van der Waals surface area contributed by atoms with E-state index in [1.54, 1.807) is 12.4 Å². The molecular formula is C14H17N3O2S. The number of aromatic nitrogens is 3. The number of aliphatic carboxylic acids is 1. The number of carboxylic acids is 1. The molecule has 0 amide bonds. The van der Waals surface area contributed by atoms with Crippen molar-refractivity contribution in [1.29, 1.82) is 0 Å². The fraction of sp³-hybridized carbons (Fsp3) is 0.500. The standard InChI is InChI=1S/C14H17N3O2S/c1-14(4-2-5-14)9-17-11-3-6-15-7-10(11)16-13(17)20-8-12(18)19/h3,6-7H,2,4-5,8-9H2,1H3,(H,18,19). The Morgan fingerprint density at radius 3 is 3.00 bits per heavy atom. The van der Waals surface area contributed by atoms with Crippen LogP contribution in [0, 0.1) is 5.41 Å². The summed E-state index contributed by atoms with van der Waals surface area (Å²) >= 11 is 1.28. The Morgan fingerprint density at radius 1 is 1.55 bits per heavy atom. The van der Waals surface area contributed by atoms with Crippen molar-refractivity contribution in [1.82, 2.24) is 14.5 Å². The van der Waals surface area contributed by atoms with Crippen LogP contribution in [0.25, 0.3) is 11.0 Å². The van der Waals surface area contributed by atoms with E-state index in [0.29, 0.717) is 5.41 Å². The SMILES string of the molecule is CC1(Cn2c(SCC(=O)O)nc3cnccc32)CCC1. The molecule has 1 aliphatic rings. The maximum Gasteiger partial charge on any atom is 0.313 e. The first-order valence-corrected chi connectivity index (χ1v) is 7.71. The monoisotopic (exact) mass is 291 g/mol. The second-order valence-electron chi connectivity index (χ2n) is 5.69. The molecule has 2 aromatic rings. The summed E-state index contributed by atoms with van der Waals surface area (Å²) in [6.07, 6.45) is 7.22. The molecule has 0 bridgehead atoms. The van der Waals surface area contributed by atoms with E-state index in [-0.39, 0.29) is 5.75 Å². The molecular weight excluding hydrogens is 274 g/mol. The van der Waals surface area contributed by atoms with Gasteiger partial charge in [0.05, 0.1) is 17.5 Å². The van der Waals surface area contributed by atoms with Crippen molar-refractivity contribution >= 4 is 28.8 Å². The van der Waals surface area contributed by atoms with Gasteiger partial charge in [-0.2, -0.15) is 0 Å². The zero-order valence-corrected chi connectivity index (χ0v) is 12.2. The highest BCUT2D eigenvalue weighted by atomic mass is 32.2. The van der Waals surface area contributed by atoms with Gasteiger partial charge in [0, 0.05) is 12.7 Å². The molecule has 0 aliphatic heterocycles. The number of carbonyl (C=O) groups is 1. The third-order valence-corrected chi connectivity index (χ3v) is 4.90. The van der Waals surface area contributed by atoms with Crippen molar-refractivity contribution in [2.45, 2.75) is 37.9 Å². The maximum atomic E-state index is 10.8. The van der Waals surface area contributed by atoms with Crippen LogP contribution in [0.2, 0.25) is 0 Å². The van der Waals surface area contributed by atoms with Crippen LogP contribution in [0.3, 0.4) is 0 Å². The van der Waals surface area contributed by atoms with Gasteiger partial charge in [0.1, 0.15) is 5.52 Å². The summed E-state index contributed by atoms with van der Waals surface area (Å²) in [7, 11) is 0. The predicted molar refractivity (Wildman–Crippen MR) is 77.8 cm³/mol. The highest BCUT2D eigenvalue weighted by molar-refractivity contribution is 7.99. The average molecular weight is 291 g/mol. The van der Waals surface area contributed by atoms with Crippen LogP contribution in [-0.2, 0) is 11.3 Å². The van der Waals surface area contributed by atoms with E-state index < -0.39 is 5.97 Å². The Bertz CT molecular complexity index is 649. The minimum Gasteiger partial charge on any atom is -0.481 e. The Hall–Kier alpha value is -1.56. The lowest BCUT2D eigenvalue weighted by Crippen LogP contribution is -2.31. The second kappa shape index (κ2) is 5.09. The highest BCUT2D eigenvalue weighted by Crippen LogP contribution is 2.43. The molecule has 2 aromatic heterocycles. The van der Waals surface area contributed by atoms with Gasteiger partial charge in [0.25, 0.3) is 0 Å². The largest absolute Gasteiger partial charge is 0.481 e. The fourth-order valence-corrected chi connectivity index (χ4v) is 3.40. The summed E-state index contributed by atoms with van der Waals surface area (Å²) in [6, 6.07) is 1.95. The van der Waals surface area contributed by atoms with Crippen molar-refractivity contribution < 1.29 is 9.90 Å². The lowest BCUT2D eigenvalue weighted by molar-refractivity contribution is -0.133. The normalized spacial score (nSPS) is 17.1. The van der Waals surface area contributed by atoms with Crippen LogP contribution in [0.1, 0.15) is 26.2 Å². The van der Waals surface area contributed by atoms with E-state index in [9.17, 15) is 4.79 Å². The number of rotatable bonds is 5. The zero-order chi connectivity index (χ0) is 14.2. The van der Waals surface area contributed by atoms with Gasteiger partial charge < -0.3 is 9.67 Å². The molecule has 0 saturated heterocycles. The van der Waals surface area contributed by atoms with E-state index in [2.05, 4.69) is 21.5 Å². The summed E-state index contributed by atoms with van der Waals surface area (Å²) in [5.41, 5.74) is 2.19. The molecule has 1 aliphatic carbocycles. The third-order valence-electron chi connectivity index (χ3n) is 3.94. The molecule has 1 N–H and O–H groups in total. The summed E-state index contributed by atoms with van der Waals surface area (Å²) in [4.78, 5) is 19.4. The van der Waals surface area contributed by atoms with Crippen molar-refractivity contribution in [2.75, 3.05) is 5.75 Å². The Morgan fingerprint density at radius 2 is 2.35 bits per heavy atom. The first-order valence-electron chi connectivity index (χ1n) is 6.72. The van der Waals surface area contributed by atoms with Crippen LogP contribution in [0.15, 0.2) is 23.6 Å². The maximum absolute atomic E-state index is 10.8. The molecule has 0 spiro atoms. The number of pyridine rings is 1. The van der Waals surface area contributed by atoms with Gasteiger partial charge in [-0.05, 0) is 24.3 Å². The van der Waals surface area contributed by atoms with Gasteiger partial charge in [-0.25, -0.2) is 4.98 Å². The average Bonchev–Trinajstić information content (AvgIpc) is 2.73. The van der Waals surface area contributed by atoms with Crippen LogP contribution in [0.5, 0.6) is 0 Å². The number of thioether (sulfide) groups is 1. The van der Waals surface area contributed by atoms with Crippen molar-refractivity contribution in [2.24, 2.45) is 5.41 Å². The van der Waals surface area contributed by atoms with Gasteiger partial charge in [0.15, 0.2) is 5.16 Å². The molecule has 0 aromatic carbocycles. The van der Waals surface area contributed by atoms with Gasteiger partial charge in [-0.15, -0.1) is 0 Å². The smallest absolute Gasteiger partial charge is 0.313 e. The predicted octanol–water partition coefficient (Wildman–Crippen LogP) is 2.80. The molecule has 0 atom stereocenters. The topological polar surface area (TPSA) is 68.0 Å². The van der Waals surface area contributed by atoms with Crippen LogP contribution >= 0.6 is 11.8 Å². The van der Waals surface area contributed by atoms with Crippen LogP contribution in [0.4, 0.5) is 0 Å². The van der Waals surface area contributed by atoms with Crippen LogP contribution in [-0.4, -0.2) is 31.4 Å². The summed E-state index contributed by atoms with van der Waals surface area (Å²) in [6.45, 7) is 3.19. The minimum atomic E-state index is -0.818. The quantitative estimate of drug-likeness (QED) is 0.858. The molecule has 1 fully saturated rings. The molecule has 20 heavy (non-hydrogen) atoms. The number of hydrogen-bond acceptors (Lipinski definition) is 4. The Labute approximate surface area is 121 Å². The van der Waals surface area contributed by atoms with E-state index in [1.807, 2.05) is 6.07 Å². The summed E-state index contributed by atoms with van der Waals surface area (Å²) < 4.78 is 2.16. The van der Waals surface area contributed by atoms with Crippen molar-refractivity contribution in [3.63, 3.8) is 0 Å². The van der Waals surface area contributed by atoms with Crippen LogP contribution < -0.4 is 0 Å². The molecule has 3 rings (SSSR count). The number of imidazole rings is 1. The number of fused-ring (bicyclic) bond motifs is 1. The number of nitrogens with zero attached hydrogens (tertiary/aromatic N) is 3. The molecule has 0 radical (unpaired) electrons. The molecule has 2 heterocycles. The lowest BCUT2D eigenvalue weighted by Gasteiger charge is -2.39. The van der Waals surface area contributed by atoms with Crippen molar-refractivity contribution in [3.05, 3.63) is 18.5 Å². The fourth-order valence-electron chi connectivity index (χ4n) is 2.67. The lowest BCUT2D eigenvalue weighted by atomic mass is 9.70. The van der Waals surface area contributed by atoms with Gasteiger partial charge in [-0.1, -0.05) is 25.1 Å².